The van der Waals surface area contributed by atoms with E-state index >= 15 is 0 Å². The molecule has 132 valence electrons. The first-order chi connectivity index (χ1) is 12.0. The van der Waals surface area contributed by atoms with Crippen LogP contribution >= 0.6 is 0 Å². The molecule has 0 spiro atoms. The third kappa shape index (κ3) is 5.35. The van der Waals surface area contributed by atoms with Gasteiger partial charge in [0, 0.05) is 33.3 Å². The van der Waals surface area contributed by atoms with Gasteiger partial charge in [-0.1, -0.05) is 42.5 Å². The van der Waals surface area contributed by atoms with Crippen LogP contribution in [0.4, 0.5) is 0 Å². The number of nitrogens with one attached hydrogen (secondary N) is 2. The average Bonchev–Trinajstić information content (AvgIpc) is 2.65. The summed E-state index contributed by atoms with van der Waals surface area (Å²) in [5.41, 5.74) is 2.98. The summed E-state index contributed by atoms with van der Waals surface area (Å²) in [6, 6.07) is 18.0. The number of hydrogen-bond acceptors (Lipinski definition) is 2. The lowest BCUT2D eigenvalue weighted by atomic mass is 10.1. The second kappa shape index (κ2) is 8.87. The molecule has 1 amide bonds. The third-order valence-electron chi connectivity index (χ3n) is 3.94. The summed E-state index contributed by atoms with van der Waals surface area (Å²) in [6.07, 6.45) is 0. The van der Waals surface area contributed by atoms with Gasteiger partial charge in [-0.25, -0.2) is 0 Å². The Morgan fingerprint density at radius 1 is 1.08 bits per heavy atom. The maximum atomic E-state index is 11.9. The molecule has 0 aromatic heterocycles. The molecule has 0 fully saturated rings. The van der Waals surface area contributed by atoms with Gasteiger partial charge < -0.3 is 15.5 Å². The first-order valence-electron chi connectivity index (χ1n) is 8.34. The minimum Gasteiger partial charge on any atom is -0.352 e. The number of benzene rings is 2. The topological polar surface area (TPSA) is 56.7 Å². The minimum absolute atomic E-state index is 0.00803. The van der Waals surface area contributed by atoms with Crippen LogP contribution in [0, 0.1) is 0 Å². The highest BCUT2D eigenvalue weighted by molar-refractivity contribution is 5.93. The van der Waals surface area contributed by atoms with Crippen molar-refractivity contribution in [2.24, 2.45) is 4.99 Å². The molecule has 2 aromatic rings. The molecule has 25 heavy (non-hydrogen) atoms. The van der Waals surface area contributed by atoms with E-state index in [9.17, 15) is 4.79 Å². The zero-order valence-corrected chi connectivity index (χ0v) is 15.3. The van der Waals surface area contributed by atoms with Gasteiger partial charge >= 0.3 is 0 Å². The Morgan fingerprint density at radius 2 is 1.72 bits per heavy atom. The molecule has 0 bridgehead atoms. The highest BCUT2D eigenvalue weighted by Crippen LogP contribution is 2.11. The predicted molar refractivity (Wildman–Crippen MR) is 103 cm³/mol. The van der Waals surface area contributed by atoms with Crippen molar-refractivity contribution in [2.75, 3.05) is 21.1 Å². The van der Waals surface area contributed by atoms with Crippen molar-refractivity contribution in [3.63, 3.8) is 0 Å². The van der Waals surface area contributed by atoms with Crippen LogP contribution in [0.25, 0.3) is 0 Å². The number of guanidine groups is 1. The van der Waals surface area contributed by atoms with Gasteiger partial charge in [0.25, 0.3) is 5.91 Å². The van der Waals surface area contributed by atoms with E-state index in [0.717, 1.165) is 11.5 Å². The van der Waals surface area contributed by atoms with Gasteiger partial charge in [0.15, 0.2) is 5.96 Å². The van der Waals surface area contributed by atoms with Crippen molar-refractivity contribution in [3.8, 4) is 0 Å². The van der Waals surface area contributed by atoms with Crippen LogP contribution in [0.1, 0.15) is 34.5 Å². The largest absolute Gasteiger partial charge is 0.352 e. The van der Waals surface area contributed by atoms with E-state index in [0.29, 0.717) is 12.1 Å². The first-order valence-corrected chi connectivity index (χ1v) is 8.34. The van der Waals surface area contributed by atoms with Crippen LogP contribution in [-0.4, -0.2) is 37.9 Å². The molecule has 2 N–H and O–H groups in total. The lowest BCUT2D eigenvalue weighted by molar-refractivity contribution is 0.0827. The Bertz CT molecular complexity index is 708. The zero-order valence-electron chi connectivity index (χ0n) is 15.3. The third-order valence-corrected chi connectivity index (χ3v) is 3.94. The molecule has 1 atom stereocenters. The maximum Gasteiger partial charge on any atom is 0.253 e. The lowest BCUT2D eigenvalue weighted by Crippen LogP contribution is -2.38. The Balaban J connectivity index is 1.91. The summed E-state index contributed by atoms with van der Waals surface area (Å²) >= 11 is 0. The molecule has 0 aliphatic heterocycles. The molecule has 2 rings (SSSR count). The lowest BCUT2D eigenvalue weighted by Gasteiger charge is -2.18. The Hall–Kier alpha value is -2.82. The van der Waals surface area contributed by atoms with Gasteiger partial charge in [-0.15, -0.1) is 0 Å². The molecular weight excluding hydrogens is 312 g/mol. The predicted octanol–water partition coefficient (Wildman–Crippen LogP) is 2.81. The average molecular weight is 338 g/mol. The van der Waals surface area contributed by atoms with E-state index in [1.54, 1.807) is 26.0 Å². The van der Waals surface area contributed by atoms with E-state index in [1.807, 2.05) is 42.5 Å². The Morgan fingerprint density at radius 3 is 2.28 bits per heavy atom. The van der Waals surface area contributed by atoms with Crippen molar-refractivity contribution in [3.05, 3.63) is 71.3 Å². The standard InChI is InChI=1S/C20H26N4O/c1-15(17-8-6-5-7-9-17)23-20(21-2)22-14-16-10-12-18(13-11-16)19(25)24(3)4/h5-13,15H,14H2,1-4H3,(H2,21,22,23)/t15-/m0/s1. The molecule has 0 saturated heterocycles. The van der Waals surface area contributed by atoms with Crippen molar-refractivity contribution >= 4 is 11.9 Å². The molecule has 0 radical (unpaired) electrons. The molecular formula is C20H26N4O. The van der Waals surface area contributed by atoms with Crippen LogP contribution < -0.4 is 10.6 Å². The van der Waals surface area contributed by atoms with Gasteiger partial charge in [-0.05, 0) is 30.2 Å². The van der Waals surface area contributed by atoms with Gasteiger partial charge in [0.1, 0.15) is 0 Å². The van der Waals surface area contributed by atoms with E-state index in [1.165, 1.54) is 5.56 Å². The summed E-state index contributed by atoms with van der Waals surface area (Å²) in [6.45, 7) is 2.74. The summed E-state index contributed by atoms with van der Waals surface area (Å²) in [7, 11) is 5.26. The Labute approximate surface area is 149 Å². The highest BCUT2D eigenvalue weighted by Gasteiger charge is 2.09. The fraction of sp³-hybridized carbons (Fsp3) is 0.300. The van der Waals surface area contributed by atoms with Crippen molar-refractivity contribution in [1.82, 2.24) is 15.5 Å². The molecule has 5 heteroatoms. The van der Waals surface area contributed by atoms with Crippen LogP contribution in [-0.2, 0) is 6.54 Å². The molecule has 0 heterocycles. The number of aliphatic imine (C=N–C) groups is 1. The Kier molecular flexibility index (Phi) is 6.57. The monoisotopic (exact) mass is 338 g/mol. The molecule has 0 aliphatic rings. The summed E-state index contributed by atoms with van der Waals surface area (Å²) < 4.78 is 0. The summed E-state index contributed by atoms with van der Waals surface area (Å²) in [5, 5.41) is 6.68. The number of amides is 1. The number of nitrogens with zero attached hydrogens (tertiary/aromatic N) is 2. The smallest absolute Gasteiger partial charge is 0.253 e. The van der Waals surface area contributed by atoms with E-state index in [4.69, 9.17) is 0 Å². The van der Waals surface area contributed by atoms with Gasteiger partial charge in [-0.2, -0.15) is 0 Å². The van der Waals surface area contributed by atoms with Crippen LogP contribution in [0.2, 0.25) is 0 Å². The van der Waals surface area contributed by atoms with Crippen LogP contribution in [0.3, 0.4) is 0 Å². The highest BCUT2D eigenvalue weighted by atomic mass is 16.2. The molecule has 0 saturated carbocycles. The second-order valence-corrected chi connectivity index (χ2v) is 6.10. The minimum atomic E-state index is 0.00803. The van der Waals surface area contributed by atoms with E-state index < -0.39 is 0 Å². The first kappa shape index (κ1) is 18.5. The number of carbonyl (C=O) groups excluding carboxylic acids is 1. The zero-order chi connectivity index (χ0) is 18.2. The fourth-order valence-corrected chi connectivity index (χ4v) is 2.43. The maximum absolute atomic E-state index is 11.9. The molecule has 5 nitrogen and oxygen atoms in total. The van der Waals surface area contributed by atoms with Crippen molar-refractivity contribution < 1.29 is 4.79 Å². The molecule has 0 aliphatic carbocycles. The van der Waals surface area contributed by atoms with Crippen molar-refractivity contribution in [2.45, 2.75) is 19.5 Å². The van der Waals surface area contributed by atoms with Gasteiger partial charge in [-0.3, -0.25) is 9.79 Å². The van der Waals surface area contributed by atoms with E-state index in [2.05, 4.69) is 34.7 Å². The van der Waals surface area contributed by atoms with Crippen LogP contribution in [0.5, 0.6) is 0 Å². The SMILES string of the molecule is CN=C(NCc1ccc(C(=O)N(C)C)cc1)N[C@@H](C)c1ccccc1. The van der Waals surface area contributed by atoms with Crippen molar-refractivity contribution in [1.29, 1.82) is 0 Å². The number of hydrogen-bond donors (Lipinski definition) is 2. The molecule has 0 unspecified atom stereocenters. The quantitative estimate of drug-likeness (QED) is 0.651. The number of carbonyl (C=O) groups is 1. The van der Waals surface area contributed by atoms with E-state index in [-0.39, 0.29) is 11.9 Å². The summed E-state index contributed by atoms with van der Waals surface area (Å²) in [5.74, 6) is 0.749. The normalized spacial score (nSPS) is 12.4. The van der Waals surface area contributed by atoms with Crippen LogP contribution in [0.15, 0.2) is 59.6 Å². The van der Waals surface area contributed by atoms with Gasteiger partial charge in [0.2, 0.25) is 0 Å². The fourth-order valence-electron chi connectivity index (χ4n) is 2.43. The second-order valence-electron chi connectivity index (χ2n) is 6.10. The number of rotatable bonds is 5. The van der Waals surface area contributed by atoms with Gasteiger partial charge in [0.05, 0.1) is 6.04 Å². The summed E-state index contributed by atoms with van der Waals surface area (Å²) in [4.78, 5) is 17.7. The molecule has 2 aromatic carbocycles.